The monoisotopic (exact) mass is 210 g/mol. The van der Waals surface area contributed by atoms with Gasteiger partial charge in [-0.15, -0.1) is 0 Å². The van der Waals surface area contributed by atoms with Gasteiger partial charge in [-0.3, -0.25) is 15.0 Å². The Bertz CT molecular complexity index is 359. The third-order valence-corrected chi connectivity index (χ3v) is 1.95. The normalized spacial score (nSPS) is 10.0. The van der Waals surface area contributed by atoms with Gasteiger partial charge in [0, 0.05) is 12.6 Å². The number of hydrogen-bond donors (Lipinski definition) is 2. The van der Waals surface area contributed by atoms with E-state index in [1.807, 2.05) is 12.3 Å². The first-order valence-corrected chi connectivity index (χ1v) is 4.79. The summed E-state index contributed by atoms with van der Waals surface area (Å²) in [5.74, 6) is 4.32. The number of carbonyl (C=O) groups is 2. The fourth-order valence-electron chi connectivity index (χ4n) is 1.10. The maximum absolute atomic E-state index is 11.5. The van der Waals surface area contributed by atoms with Crippen molar-refractivity contribution in [3.8, 4) is 0 Å². The van der Waals surface area contributed by atoms with E-state index in [1.54, 1.807) is 0 Å². The standard InChI is InChI=1S/C9H14N4O2/c1-2-3-4-8(14)13-6-5-7(12-13)9(15)11-10/h5-6H,2-4,10H2,1H3,(H,11,15). The molecule has 0 spiro atoms. The SMILES string of the molecule is CCCCC(=O)n1ccc(C(=O)NN)n1. The molecule has 1 amide bonds. The number of hydrogen-bond acceptors (Lipinski definition) is 4. The second-order valence-corrected chi connectivity index (χ2v) is 3.12. The van der Waals surface area contributed by atoms with E-state index in [-0.39, 0.29) is 11.6 Å². The predicted octanol–water partition coefficient (Wildman–Crippen LogP) is 0.317. The maximum Gasteiger partial charge on any atom is 0.285 e. The fourth-order valence-corrected chi connectivity index (χ4v) is 1.10. The van der Waals surface area contributed by atoms with Crippen LogP contribution in [0, 0.1) is 0 Å². The minimum atomic E-state index is -0.503. The molecule has 0 unspecified atom stereocenters. The molecule has 82 valence electrons. The average molecular weight is 210 g/mol. The summed E-state index contributed by atoms with van der Waals surface area (Å²) in [5, 5.41) is 3.81. The number of hydrazine groups is 1. The van der Waals surface area contributed by atoms with Crippen molar-refractivity contribution < 1.29 is 9.59 Å². The smallest absolute Gasteiger partial charge is 0.285 e. The third kappa shape index (κ3) is 2.88. The van der Waals surface area contributed by atoms with Crippen LogP contribution in [-0.4, -0.2) is 21.6 Å². The van der Waals surface area contributed by atoms with Gasteiger partial charge >= 0.3 is 0 Å². The first kappa shape index (κ1) is 11.4. The summed E-state index contributed by atoms with van der Waals surface area (Å²) >= 11 is 0. The Hall–Kier alpha value is -1.69. The second-order valence-electron chi connectivity index (χ2n) is 3.12. The molecule has 1 aromatic rings. The lowest BCUT2D eigenvalue weighted by Gasteiger charge is -1.98. The topological polar surface area (TPSA) is 90.0 Å². The molecule has 0 aromatic carbocycles. The Morgan fingerprint density at radius 2 is 2.33 bits per heavy atom. The number of aromatic nitrogens is 2. The highest BCUT2D eigenvalue weighted by atomic mass is 16.2. The van der Waals surface area contributed by atoms with Gasteiger partial charge in [0.25, 0.3) is 5.91 Å². The first-order valence-electron chi connectivity index (χ1n) is 4.79. The van der Waals surface area contributed by atoms with Crippen LogP contribution >= 0.6 is 0 Å². The maximum atomic E-state index is 11.5. The molecular formula is C9H14N4O2. The predicted molar refractivity (Wildman–Crippen MR) is 54.0 cm³/mol. The number of unbranched alkanes of at least 4 members (excludes halogenated alkanes) is 1. The second kappa shape index (κ2) is 5.26. The number of nitrogen functional groups attached to an aromatic ring is 1. The molecule has 1 rings (SSSR count). The molecule has 1 heterocycles. The van der Waals surface area contributed by atoms with Crippen LogP contribution in [0.5, 0.6) is 0 Å². The van der Waals surface area contributed by atoms with E-state index >= 15 is 0 Å². The van der Waals surface area contributed by atoms with Crippen molar-refractivity contribution >= 4 is 11.8 Å². The number of nitrogens with two attached hydrogens (primary N) is 1. The van der Waals surface area contributed by atoms with Crippen molar-refractivity contribution in [2.24, 2.45) is 5.84 Å². The van der Waals surface area contributed by atoms with E-state index in [4.69, 9.17) is 5.84 Å². The number of nitrogens with zero attached hydrogens (tertiary/aromatic N) is 2. The highest BCUT2D eigenvalue weighted by Crippen LogP contribution is 2.00. The lowest BCUT2D eigenvalue weighted by atomic mass is 10.2. The van der Waals surface area contributed by atoms with E-state index in [9.17, 15) is 9.59 Å². The zero-order chi connectivity index (χ0) is 11.3. The van der Waals surface area contributed by atoms with Gasteiger partial charge in [-0.25, -0.2) is 10.5 Å². The summed E-state index contributed by atoms with van der Waals surface area (Å²) < 4.78 is 1.17. The van der Waals surface area contributed by atoms with Crippen LogP contribution in [0.3, 0.4) is 0 Å². The van der Waals surface area contributed by atoms with E-state index < -0.39 is 5.91 Å². The molecule has 0 saturated carbocycles. The summed E-state index contributed by atoms with van der Waals surface area (Å²) in [6.07, 6.45) is 3.66. The Balaban J connectivity index is 2.67. The van der Waals surface area contributed by atoms with Gasteiger partial charge in [0.2, 0.25) is 5.91 Å². The van der Waals surface area contributed by atoms with Crippen LogP contribution in [0.25, 0.3) is 0 Å². The molecule has 3 N–H and O–H groups in total. The molecule has 0 atom stereocenters. The molecule has 6 nitrogen and oxygen atoms in total. The summed E-state index contributed by atoms with van der Waals surface area (Å²) in [4.78, 5) is 22.5. The molecular weight excluding hydrogens is 196 g/mol. The Morgan fingerprint density at radius 1 is 1.60 bits per heavy atom. The van der Waals surface area contributed by atoms with Crippen LogP contribution < -0.4 is 11.3 Å². The summed E-state index contributed by atoms with van der Waals surface area (Å²) in [5.41, 5.74) is 2.09. The lowest BCUT2D eigenvalue weighted by molar-refractivity contribution is 0.0882. The Labute approximate surface area is 87.4 Å². The summed E-state index contributed by atoms with van der Waals surface area (Å²) in [7, 11) is 0. The first-order chi connectivity index (χ1) is 7.19. The lowest BCUT2D eigenvalue weighted by Crippen LogP contribution is -2.30. The van der Waals surface area contributed by atoms with E-state index in [1.165, 1.54) is 16.9 Å². The number of carbonyl (C=O) groups excluding carboxylic acids is 2. The van der Waals surface area contributed by atoms with Gasteiger partial charge in [0.05, 0.1) is 0 Å². The minimum Gasteiger partial charge on any atom is -0.289 e. The number of nitrogens with one attached hydrogen (secondary N) is 1. The van der Waals surface area contributed by atoms with Crippen LogP contribution in [0.15, 0.2) is 12.3 Å². The molecule has 0 bridgehead atoms. The largest absolute Gasteiger partial charge is 0.289 e. The molecule has 0 radical (unpaired) electrons. The van der Waals surface area contributed by atoms with Crippen molar-refractivity contribution in [1.82, 2.24) is 15.2 Å². The van der Waals surface area contributed by atoms with Gasteiger partial charge in [-0.1, -0.05) is 13.3 Å². The van der Waals surface area contributed by atoms with Gasteiger partial charge in [0.15, 0.2) is 5.69 Å². The van der Waals surface area contributed by atoms with Gasteiger partial charge in [-0.2, -0.15) is 5.10 Å². The molecule has 15 heavy (non-hydrogen) atoms. The van der Waals surface area contributed by atoms with E-state index in [0.29, 0.717) is 6.42 Å². The van der Waals surface area contributed by atoms with Crippen molar-refractivity contribution in [2.45, 2.75) is 26.2 Å². The Kier molecular flexibility index (Phi) is 3.99. The third-order valence-electron chi connectivity index (χ3n) is 1.95. The van der Waals surface area contributed by atoms with E-state index in [0.717, 1.165) is 12.8 Å². The van der Waals surface area contributed by atoms with Gasteiger partial charge < -0.3 is 0 Å². The minimum absolute atomic E-state index is 0.118. The van der Waals surface area contributed by atoms with Crippen LogP contribution in [0.2, 0.25) is 0 Å². The molecule has 0 fully saturated rings. The van der Waals surface area contributed by atoms with E-state index in [2.05, 4.69) is 5.10 Å². The van der Waals surface area contributed by atoms with Gasteiger partial charge in [-0.05, 0) is 12.5 Å². The number of rotatable bonds is 4. The Morgan fingerprint density at radius 3 is 2.93 bits per heavy atom. The van der Waals surface area contributed by atoms with Crippen LogP contribution in [0.4, 0.5) is 0 Å². The van der Waals surface area contributed by atoms with Crippen molar-refractivity contribution in [3.05, 3.63) is 18.0 Å². The van der Waals surface area contributed by atoms with Gasteiger partial charge in [0.1, 0.15) is 0 Å². The summed E-state index contributed by atoms with van der Waals surface area (Å²) in [6.45, 7) is 2.00. The molecule has 6 heteroatoms. The van der Waals surface area contributed by atoms with Crippen molar-refractivity contribution in [2.75, 3.05) is 0 Å². The zero-order valence-electron chi connectivity index (χ0n) is 8.56. The highest BCUT2D eigenvalue weighted by Gasteiger charge is 2.10. The fraction of sp³-hybridized carbons (Fsp3) is 0.444. The van der Waals surface area contributed by atoms with Crippen molar-refractivity contribution in [1.29, 1.82) is 0 Å². The number of amides is 1. The quantitative estimate of drug-likeness (QED) is 0.425. The van der Waals surface area contributed by atoms with Crippen molar-refractivity contribution in [3.63, 3.8) is 0 Å². The zero-order valence-corrected chi connectivity index (χ0v) is 8.56. The molecule has 0 aliphatic carbocycles. The summed E-state index contributed by atoms with van der Waals surface area (Å²) in [6, 6.07) is 1.45. The molecule has 0 aliphatic rings. The van der Waals surface area contributed by atoms with Crippen LogP contribution in [0.1, 0.15) is 41.5 Å². The molecule has 0 saturated heterocycles. The average Bonchev–Trinajstić information content (AvgIpc) is 2.74. The molecule has 1 aromatic heterocycles. The van der Waals surface area contributed by atoms with Crippen LogP contribution in [-0.2, 0) is 0 Å². The highest BCUT2D eigenvalue weighted by molar-refractivity contribution is 5.92. The molecule has 0 aliphatic heterocycles.